The number of benzene rings is 2. The topological polar surface area (TPSA) is 80.3 Å². The predicted octanol–water partition coefficient (Wildman–Crippen LogP) is 4.49. The molecule has 2 aromatic carbocycles. The molecule has 3 aromatic rings. The zero-order valence-electron chi connectivity index (χ0n) is 17.8. The summed E-state index contributed by atoms with van der Waals surface area (Å²) in [6, 6.07) is 10.3. The minimum atomic E-state index is -0.189. The van der Waals surface area contributed by atoms with Crippen LogP contribution in [0.15, 0.2) is 35.8 Å². The highest BCUT2D eigenvalue weighted by Crippen LogP contribution is 2.41. The third-order valence-corrected chi connectivity index (χ3v) is 7.20. The third kappa shape index (κ3) is 3.67. The Bertz CT molecular complexity index is 1200. The smallest absolute Gasteiger partial charge is 0.225 e. The lowest BCUT2D eigenvalue weighted by molar-refractivity contribution is -0.119. The molecule has 2 N–H and O–H groups in total. The molecule has 2 atom stereocenters. The molecule has 2 amide bonds. The lowest BCUT2D eigenvalue weighted by Gasteiger charge is -2.32. The zero-order chi connectivity index (χ0) is 21.8. The Hall–Kier alpha value is -2.93. The Labute approximate surface area is 185 Å². The number of nitrogens with one attached hydrogen (secondary N) is 2. The van der Waals surface area contributed by atoms with E-state index >= 15 is 0 Å². The number of aromatic nitrogens is 1. The molecule has 5 rings (SSSR count). The fourth-order valence-electron chi connectivity index (χ4n) is 4.56. The van der Waals surface area contributed by atoms with Crippen LogP contribution in [0.25, 0.3) is 21.3 Å². The number of carbonyl (C=O) groups excluding carboxylic acids is 2. The van der Waals surface area contributed by atoms with E-state index < -0.39 is 0 Å². The van der Waals surface area contributed by atoms with Crippen molar-refractivity contribution in [3.8, 4) is 16.9 Å². The number of hydrogen-bond acceptors (Lipinski definition) is 5. The molecule has 2 aliphatic heterocycles. The maximum Gasteiger partial charge on any atom is 0.225 e. The Balaban J connectivity index is 1.52. The Morgan fingerprint density at radius 3 is 2.77 bits per heavy atom. The number of rotatable bonds is 4. The summed E-state index contributed by atoms with van der Waals surface area (Å²) < 4.78 is 7.35. The van der Waals surface area contributed by atoms with E-state index in [9.17, 15) is 9.59 Å². The van der Waals surface area contributed by atoms with Crippen LogP contribution in [0.4, 0.5) is 5.69 Å². The highest BCUT2D eigenvalue weighted by atomic mass is 32.1. The Morgan fingerprint density at radius 1 is 1.16 bits per heavy atom. The summed E-state index contributed by atoms with van der Waals surface area (Å²) in [6.45, 7) is 6.86. The van der Waals surface area contributed by atoms with E-state index in [1.807, 2.05) is 24.6 Å². The van der Waals surface area contributed by atoms with Crippen LogP contribution in [-0.4, -0.2) is 29.4 Å². The highest BCUT2D eigenvalue weighted by molar-refractivity contribution is 7.17. The second kappa shape index (κ2) is 7.34. The van der Waals surface area contributed by atoms with Gasteiger partial charge in [-0.15, -0.1) is 11.3 Å². The highest BCUT2D eigenvalue weighted by Gasteiger charge is 2.32. The number of thiazole rings is 1. The number of nitrogens with zero attached hydrogens (tertiary/aromatic N) is 1. The van der Waals surface area contributed by atoms with Gasteiger partial charge in [0, 0.05) is 36.4 Å². The number of fused-ring (bicyclic) bond motifs is 2. The monoisotopic (exact) mass is 435 g/mol. The van der Waals surface area contributed by atoms with E-state index in [0.717, 1.165) is 38.3 Å². The van der Waals surface area contributed by atoms with Gasteiger partial charge in [0.25, 0.3) is 0 Å². The van der Waals surface area contributed by atoms with E-state index in [0.29, 0.717) is 19.4 Å². The van der Waals surface area contributed by atoms with Crippen LogP contribution in [0.3, 0.4) is 0 Å². The molecule has 31 heavy (non-hydrogen) atoms. The zero-order valence-corrected chi connectivity index (χ0v) is 18.6. The Kier molecular flexibility index (Phi) is 4.73. The first-order valence-corrected chi connectivity index (χ1v) is 11.4. The third-order valence-electron chi connectivity index (χ3n) is 6.34. The minimum Gasteiger partial charge on any atom is -0.489 e. The van der Waals surface area contributed by atoms with Crippen LogP contribution >= 0.6 is 11.3 Å². The molecular formula is C24H25N3O3S. The van der Waals surface area contributed by atoms with E-state index in [1.54, 1.807) is 11.3 Å². The first kappa shape index (κ1) is 20.0. The van der Waals surface area contributed by atoms with Gasteiger partial charge in [-0.3, -0.25) is 9.59 Å². The van der Waals surface area contributed by atoms with Crippen LogP contribution in [0.2, 0.25) is 0 Å². The average Bonchev–Trinajstić information content (AvgIpc) is 3.35. The summed E-state index contributed by atoms with van der Waals surface area (Å²) in [5.41, 5.74) is 6.52. The number of anilines is 1. The number of amides is 2. The minimum absolute atomic E-state index is 0.0437. The fourth-order valence-corrected chi connectivity index (χ4v) is 5.28. The van der Waals surface area contributed by atoms with Gasteiger partial charge in [0.15, 0.2) is 0 Å². The molecule has 0 saturated carbocycles. The summed E-state index contributed by atoms with van der Waals surface area (Å²) in [6.07, 6.45) is 0.883. The van der Waals surface area contributed by atoms with Crippen LogP contribution in [0, 0.1) is 5.92 Å². The maximum absolute atomic E-state index is 12.2. The number of hydrogen-bond donors (Lipinski definition) is 2. The molecule has 2 aliphatic rings. The molecule has 0 unspecified atom stereocenters. The Morgan fingerprint density at radius 2 is 2.00 bits per heavy atom. The summed E-state index contributed by atoms with van der Waals surface area (Å²) in [5.74, 6) is 1.06. The molecular weight excluding hydrogens is 410 g/mol. The van der Waals surface area contributed by atoms with Gasteiger partial charge in [-0.25, -0.2) is 4.98 Å². The van der Waals surface area contributed by atoms with E-state index in [2.05, 4.69) is 47.7 Å². The standard InChI is InChI=1S/C24H25N3O3S/c1-13(16-9-21(28)25-11-16)30-20-8-15(7-19-23(20)31-12-26-19)14-4-5-17-18(6-14)27-22(29)10-24(17,2)3/h4-8,12-13,16H,9-11H2,1-3H3,(H,25,28)(H,27,29)/t13-,16-/m1/s1. The molecule has 0 radical (unpaired) electrons. The van der Waals surface area contributed by atoms with Crippen molar-refractivity contribution in [3.05, 3.63) is 41.4 Å². The van der Waals surface area contributed by atoms with Gasteiger partial charge in [0.05, 0.1) is 15.7 Å². The van der Waals surface area contributed by atoms with Gasteiger partial charge in [-0.1, -0.05) is 26.0 Å². The maximum atomic E-state index is 12.2. The molecule has 6 nitrogen and oxygen atoms in total. The summed E-state index contributed by atoms with van der Waals surface area (Å²) in [5, 5.41) is 5.90. The van der Waals surface area contributed by atoms with E-state index in [-0.39, 0.29) is 29.3 Å². The molecule has 1 fully saturated rings. The van der Waals surface area contributed by atoms with Gasteiger partial charge in [-0.2, -0.15) is 0 Å². The molecule has 1 aromatic heterocycles. The number of carbonyl (C=O) groups is 2. The van der Waals surface area contributed by atoms with Crippen LogP contribution in [0.5, 0.6) is 5.75 Å². The predicted molar refractivity (Wildman–Crippen MR) is 123 cm³/mol. The number of ether oxygens (including phenoxy) is 1. The van der Waals surface area contributed by atoms with Crippen molar-refractivity contribution in [2.45, 2.75) is 45.1 Å². The van der Waals surface area contributed by atoms with Crippen molar-refractivity contribution in [1.82, 2.24) is 10.3 Å². The summed E-state index contributed by atoms with van der Waals surface area (Å²) >= 11 is 1.55. The van der Waals surface area contributed by atoms with Crippen LogP contribution < -0.4 is 15.4 Å². The molecule has 1 saturated heterocycles. The normalized spacial score (nSPS) is 20.8. The van der Waals surface area contributed by atoms with E-state index in [1.165, 1.54) is 0 Å². The van der Waals surface area contributed by atoms with Gasteiger partial charge >= 0.3 is 0 Å². The first-order valence-electron chi connectivity index (χ1n) is 10.6. The van der Waals surface area contributed by atoms with Gasteiger partial charge in [-0.05, 0) is 41.8 Å². The van der Waals surface area contributed by atoms with Crippen molar-refractivity contribution in [2.75, 3.05) is 11.9 Å². The van der Waals surface area contributed by atoms with Crippen molar-refractivity contribution >= 4 is 39.1 Å². The summed E-state index contributed by atoms with van der Waals surface area (Å²) in [4.78, 5) is 28.3. The largest absolute Gasteiger partial charge is 0.489 e. The van der Waals surface area contributed by atoms with E-state index in [4.69, 9.17) is 4.74 Å². The van der Waals surface area contributed by atoms with Gasteiger partial charge in [0.1, 0.15) is 11.9 Å². The van der Waals surface area contributed by atoms with Gasteiger partial charge < -0.3 is 15.4 Å². The quantitative estimate of drug-likeness (QED) is 0.633. The molecule has 0 bridgehead atoms. The lowest BCUT2D eigenvalue weighted by atomic mass is 9.77. The second-order valence-corrected chi connectivity index (χ2v) is 9.99. The molecule has 3 heterocycles. The van der Waals surface area contributed by atoms with Crippen molar-refractivity contribution in [3.63, 3.8) is 0 Å². The van der Waals surface area contributed by atoms with Gasteiger partial charge in [0.2, 0.25) is 11.8 Å². The average molecular weight is 436 g/mol. The second-order valence-electron chi connectivity index (χ2n) is 9.14. The first-order chi connectivity index (χ1) is 14.8. The van der Waals surface area contributed by atoms with Crippen LogP contribution in [0.1, 0.15) is 39.2 Å². The van der Waals surface area contributed by atoms with Crippen molar-refractivity contribution < 1.29 is 14.3 Å². The fraction of sp³-hybridized carbons (Fsp3) is 0.375. The molecule has 160 valence electrons. The van der Waals surface area contributed by atoms with Crippen molar-refractivity contribution in [1.29, 1.82) is 0 Å². The SMILES string of the molecule is C[C@@H](Oc1cc(-c2ccc3c(c2)NC(=O)CC3(C)C)cc2ncsc12)[C@H]1CNC(=O)C1. The molecule has 0 aliphatic carbocycles. The summed E-state index contributed by atoms with van der Waals surface area (Å²) in [7, 11) is 0. The molecule has 0 spiro atoms. The lowest BCUT2D eigenvalue weighted by Crippen LogP contribution is -2.32. The van der Waals surface area contributed by atoms with Crippen LogP contribution in [-0.2, 0) is 15.0 Å². The molecule has 7 heteroatoms. The van der Waals surface area contributed by atoms with Crippen molar-refractivity contribution in [2.24, 2.45) is 5.92 Å².